The van der Waals surface area contributed by atoms with Gasteiger partial charge >= 0.3 is 0 Å². The Morgan fingerprint density at radius 1 is 0.947 bits per heavy atom. The summed E-state index contributed by atoms with van der Waals surface area (Å²) in [5.41, 5.74) is 1.04. The van der Waals surface area contributed by atoms with Crippen molar-refractivity contribution >= 4 is 26.6 Å². The summed E-state index contributed by atoms with van der Waals surface area (Å²) in [6, 6.07) is 10.6. The third kappa shape index (κ3) is 2.19. The lowest BCUT2D eigenvalue weighted by atomic mass is 10.1. The van der Waals surface area contributed by atoms with E-state index in [1.165, 1.54) is 6.07 Å². The minimum absolute atomic E-state index is 0.0222. The van der Waals surface area contributed by atoms with Gasteiger partial charge in [-0.15, -0.1) is 0 Å². The van der Waals surface area contributed by atoms with Crippen LogP contribution in [0.5, 0.6) is 0 Å². The minimum Gasteiger partial charge on any atom is -0.371 e. The van der Waals surface area contributed by atoms with Gasteiger partial charge in [0.1, 0.15) is 4.90 Å². The van der Waals surface area contributed by atoms with Crippen molar-refractivity contribution in [3.05, 3.63) is 36.4 Å². The average molecular weight is 277 g/mol. The van der Waals surface area contributed by atoms with E-state index >= 15 is 0 Å². The van der Waals surface area contributed by atoms with Crippen LogP contribution in [0.15, 0.2) is 41.3 Å². The number of anilines is 1. The van der Waals surface area contributed by atoms with Crippen LogP contribution < -0.4 is 4.90 Å². The van der Waals surface area contributed by atoms with Crippen molar-refractivity contribution in [1.82, 2.24) is 0 Å². The van der Waals surface area contributed by atoms with Gasteiger partial charge in [0.05, 0.1) is 0 Å². The Bertz CT molecular complexity index is 719. The van der Waals surface area contributed by atoms with Gasteiger partial charge in [0.2, 0.25) is 0 Å². The predicted octanol–water partition coefficient (Wildman–Crippen LogP) is 2.69. The van der Waals surface area contributed by atoms with Crippen molar-refractivity contribution in [3.63, 3.8) is 0 Å². The molecule has 1 saturated heterocycles. The van der Waals surface area contributed by atoms with Crippen LogP contribution in [0.3, 0.4) is 0 Å². The second kappa shape index (κ2) is 4.51. The van der Waals surface area contributed by atoms with Gasteiger partial charge in [-0.2, -0.15) is 8.42 Å². The van der Waals surface area contributed by atoms with Crippen LogP contribution in [0.25, 0.3) is 10.8 Å². The summed E-state index contributed by atoms with van der Waals surface area (Å²) in [6.45, 7) is 1.99. The molecule has 0 bridgehead atoms. The molecule has 100 valence electrons. The van der Waals surface area contributed by atoms with Gasteiger partial charge in [0, 0.05) is 29.5 Å². The number of fused-ring (bicyclic) bond motifs is 1. The van der Waals surface area contributed by atoms with Crippen molar-refractivity contribution in [2.75, 3.05) is 18.0 Å². The van der Waals surface area contributed by atoms with Gasteiger partial charge < -0.3 is 4.90 Å². The zero-order valence-corrected chi connectivity index (χ0v) is 11.2. The summed E-state index contributed by atoms with van der Waals surface area (Å²) in [7, 11) is -4.19. The highest BCUT2D eigenvalue weighted by Gasteiger charge is 2.18. The van der Waals surface area contributed by atoms with Crippen LogP contribution in [0.1, 0.15) is 12.8 Å². The predicted molar refractivity (Wildman–Crippen MR) is 75.2 cm³/mol. The summed E-state index contributed by atoms with van der Waals surface area (Å²) >= 11 is 0. The fraction of sp³-hybridized carbons (Fsp3) is 0.286. The Hall–Kier alpha value is -1.59. The lowest BCUT2D eigenvalue weighted by Gasteiger charge is -2.20. The lowest BCUT2D eigenvalue weighted by molar-refractivity contribution is 0.484. The third-order valence-corrected chi connectivity index (χ3v) is 4.50. The fourth-order valence-corrected chi connectivity index (χ4v) is 3.43. The molecule has 0 aliphatic carbocycles. The van der Waals surface area contributed by atoms with Gasteiger partial charge in [-0.25, -0.2) is 0 Å². The molecule has 0 spiro atoms. The van der Waals surface area contributed by atoms with E-state index in [1.807, 2.05) is 18.2 Å². The lowest BCUT2D eigenvalue weighted by Crippen LogP contribution is -2.17. The molecule has 2 aromatic rings. The summed E-state index contributed by atoms with van der Waals surface area (Å²) in [4.78, 5) is 2.24. The maximum atomic E-state index is 11.4. The van der Waals surface area contributed by atoms with Crippen LogP contribution in [0.2, 0.25) is 0 Å². The van der Waals surface area contributed by atoms with E-state index in [0.29, 0.717) is 5.39 Å². The molecule has 0 aromatic heterocycles. The Morgan fingerprint density at radius 2 is 1.58 bits per heavy atom. The normalized spacial score (nSPS) is 16.2. The van der Waals surface area contributed by atoms with Crippen molar-refractivity contribution in [2.45, 2.75) is 17.7 Å². The molecule has 1 aliphatic heterocycles. The van der Waals surface area contributed by atoms with E-state index in [4.69, 9.17) is 0 Å². The van der Waals surface area contributed by atoms with Crippen molar-refractivity contribution < 1.29 is 13.0 Å². The molecule has 1 N–H and O–H groups in total. The van der Waals surface area contributed by atoms with E-state index in [2.05, 4.69) is 4.90 Å². The van der Waals surface area contributed by atoms with Gasteiger partial charge in [-0.1, -0.05) is 24.3 Å². The first-order valence-electron chi connectivity index (χ1n) is 6.31. The second-order valence-electron chi connectivity index (χ2n) is 4.80. The van der Waals surface area contributed by atoms with Crippen molar-refractivity contribution in [3.8, 4) is 0 Å². The zero-order valence-electron chi connectivity index (χ0n) is 10.4. The van der Waals surface area contributed by atoms with E-state index in [1.54, 1.807) is 12.1 Å². The molecule has 0 radical (unpaired) electrons. The second-order valence-corrected chi connectivity index (χ2v) is 6.19. The zero-order chi connectivity index (χ0) is 13.5. The van der Waals surface area contributed by atoms with Crippen molar-refractivity contribution in [1.29, 1.82) is 0 Å². The smallest absolute Gasteiger partial charge is 0.295 e. The molecule has 0 unspecified atom stereocenters. The molecular weight excluding hydrogens is 262 g/mol. The van der Waals surface area contributed by atoms with Crippen LogP contribution in [-0.2, 0) is 10.1 Å². The first kappa shape index (κ1) is 12.4. The number of rotatable bonds is 2. The van der Waals surface area contributed by atoms with E-state index in [0.717, 1.165) is 37.0 Å². The molecule has 1 heterocycles. The minimum atomic E-state index is -4.19. The van der Waals surface area contributed by atoms with E-state index in [9.17, 15) is 13.0 Å². The highest BCUT2D eigenvalue weighted by Crippen LogP contribution is 2.32. The highest BCUT2D eigenvalue weighted by atomic mass is 32.2. The van der Waals surface area contributed by atoms with Crippen LogP contribution in [0, 0.1) is 0 Å². The first-order valence-corrected chi connectivity index (χ1v) is 7.75. The molecule has 0 saturated carbocycles. The van der Waals surface area contributed by atoms with Crippen LogP contribution in [-0.4, -0.2) is 26.1 Å². The summed E-state index contributed by atoms with van der Waals surface area (Å²) < 4.78 is 32.1. The summed E-state index contributed by atoms with van der Waals surface area (Å²) in [5, 5.41) is 1.45. The molecule has 2 aromatic carbocycles. The van der Waals surface area contributed by atoms with Gasteiger partial charge in [0.25, 0.3) is 10.1 Å². The van der Waals surface area contributed by atoms with E-state index < -0.39 is 10.1 Å². The van der Waals surface area contributed by atoms with Gasteiger partial charge in [-0.3, -0.25) is 4.55 Å². The molecule has 1 aliphatic rings. The third-order valence-electron chi connectivity index (χ3n) is 3.58. The van der Waals surface area contributed by atoms with Crippen molar-refractivity contribution in [2.24, 2.45) is 0 Å². The topological polar surface area (TPSA) is 57.6 Å². The summed E-state index contributed by atoms with van der Waals surface area (Å²) in [5.74, 6) is 0. The van der Waals surface area contributed by atoms with E-state index in [-0.39, 0.29) is 4.90 Å². The standard InChI is InChI=1S/C14H15NO3S/c16-19(17,18)14-8-4-5-11-12(14)6-3-7-13(11)15-9-1-2-10-15/h3-8H,1-2,9-10H2,(H,16,17,18). The van der Waals surface area contributed by atoms with Gasteiger partial charge in [0.15, 0.2) is 0 Å². The molecule has 3 rings (SSSR count). The number of benzene rings is 2. The largest absolute Gasteiger partial charge is 0.371 e. The fourth-order valence-electron chi connectivity index (χ4n) is 2.72. The average Bonchev–Trinajstić information content (AvgIpc) is 2.90. The Morgan fingerprint density at radius 3 is 2.26 bits per heavy atom. The Balaban J connectivity index is 2.27. The van der Waals surface area contributed by atoms with Gasteiger partial charge in [-0.05, 0) is 25.0 Å². The Labute approximate surface area is 112 Å². The van der Waals surface area contributed by atoms with Crippen LogP contribution in [0.4, 0.5) is 5.69 Å². The number of hydrogen-bond donors (Lipinski definition) is 1. The molecule has 4 nitrogen and oxygen atoms in total. The molecule has 0 atom stereocenters. The maximum Gasteiger partial charge on any atom is 0.295 e. The summed E-state index contributed by atoms with van der Waals surface area (Å²) in [6.07, 6.45) is 2.32. The quantitative estimate of drug-likeness (QED) is 0.857. The SMILES string of the molecule is O=S(=O)(O)c1cccc2c(N3CCCC3)cccc12. The molecular formula is C14H15NO3S. The molecule has 5 heteroatoms. The highest BCUT2D eigenvalue weighted by molar-refractivity contribution is 7.86. The monoisotopic (exact) mass is 277 g/mol. The van der Waals surface area contributed by atoms with Crippen LogP contribution >= 0.6 is 0 Å². The number of hydrogen-bond acceptors (Lipinski definition) is 3. The maximum absolute atomic E-state index is 11.4. The molecule has 1 fully saturated rings. The Kier molecular flexibility index (Phi) is 2.95. The first-order chi connectivity index (χ1) is 9.07. The molecule has 0 amide bonds. The molecule has 19 heavy (non-hydrogen) atoms. The number of nitrogens with zero attached hydrogens (tertiary/aromatic N) is 1.